The summed E-state index contributed by atoms with van der Waals surface area (Å²) in [6, 6.07) is 7.16. The van der Waals surface area contributed by atoms with Gasteiger partial charge >= 0.3 is 5.97 Å². The number of aromatic carboxylic acids is 1. The van der Waals surface area contributed by atoms with Gasteiger partial charge in [0.25, 0.3) is 5.91 Å². The van der Waals surface area contributed by atoms with Crippen LogP contribution in [0.15, 0.2) is 30.3 Å². The zero-order valence-electron chi connectivity index (χ0n) is 12.4. The Hall–Kier alpha value is -2.89. The average molecular weight is 315 g/mol. The van der Waals surface area contributed by atoms with E-state index >= 15 is 0 Å². The Balaban J connectivity index is 2.16. The number of amides is 1. The summed E-state index contributed by atoms with van der Waals surface area (Å²) in [5.74, 6) is -1.71. The van der Waals surface area contributed by atoms with Crippen LogP contribution in [0.5, 0.6) is 5.75 Å². The molecule has 2 N–H and O–H groups in total. The molecule has 0 aliphatic carbocycles. The largest absolute Gasteiger partial charge is 0.492 e. The molecule has 6 heteroatoms. The van der Waals surface area contributed by atoms with Crippen LogP contribution in [0.4, 0.5) is 4.39 Å². The molecule has 0 radical (unpaired) electrons. The van der Waals surface area contributed by atoms with Crippen LogP contribution in [-0.2, 0) is 6.42 Å². The second-order valence-corrected chi connectivity index (χ2v) is 5.22. The monoisotopic (exact) mass is 315 g/mol. The summed E-state index contributed by atoms with van der Waals surface area (Å²) in [6.45, 7) is 0.422. The third kappa shape index (κ3) is 2.75. The molecule has 23 heavy (non-hydrogen) atoms. The Labute approximate surface area is 131 Å². The number of carbonyl (C=O) groups is 2. The molecule has 0 spiro atoms. The molecule has 1 heterocycles. The van der Waals surface area contributed by atoms with Crippen molar-refractivity contribution in [3.05, 3.63) is 52.8 Å². The van der Waals surface area contributed by atoms with Crippen molar-refractivity contribution in [3.8, 4) is 16.9 Å². The van der Waals surface area contributed by atoms with Gasteiger partial charge in [-0.1, -0.05) is 0 Å². The van der Waals surface area contributed by atoms with Gasteiger partial charge in [-0.2, -0.15) is 0 Å². The fraction of sp³-hybridized carbons (Fsp3) is 0.176. The van der Waals surface area contributed by atoms with E-state index < -0.39 is 17.7 Å². The van der Waals surface area contributed by atoms with Crippen molar-refractivity contribution in [1.82, 2.24) is 5.32 Å². The molecule has 1 aliphatic rings. The van der Waals surface area contributed by atoms with Gasteiger partial charge in [0, 0.05) is 19.0 Å². The lowest BCUT2D eigenvalue weighted by atomic mass is 9.96. The molecule has 2 aromatic rings. The van der Waals surface area contributed by atoms with Gasteiger partial charge in [-0.3, -0.25) is 4.79 Å². The van der Waals surface area contributed by atoms with Gasteiger partial charge in [0.15, 0.2) is 0 Å². The van der Waals surface area contributed by atoms with Crippen LogP contribution in [0, 0.1) is 5.82 Å². The maximum atomic E-state index is 13.8. The first-order valence-electron chi connectivity index (χ1n) is 7.05. The zero-order chi connectivity index (χ0) is 16.6. The van der Waals surface area contributed by atoms with E-state index in [1.165, 1.54) is 25.2 Å². The summed E-state index contributed by atoms with van der Waals surface area (Å²) in [5, 5.41) is 11.8. The van der Waals surface area contributed by atoms with E-state index in [1.807, 2.05) is 0 Å². The van der Waals surface area contributed by atoms with Crippen LogP contribution in [0.2, 0.25) is 0 Å². The second-order valence-electron chi connectivity index (χ2n) is 5.22. The molecule has 1 aliphatic heterocycles. The van der Waals surface area contributed by atoms with Crippen molar-refractivity contribution in [2.24, 2.45) is 0 Å². The standard InChI is InChI=1S/C17H14FNO4/c1-19-16(20)12-5-10(6-13(18)7-12)11-4-9-2-3-23-15(9)14(8-11)17(21)22/h4-8H,2-3H2,1H3,(H,19,20)(H,21,22). The topological polar surface area (TPSA) is 75.6 Å². The molecule has 3 rings (SSSR count). The van der Waals surface area contributed by atoms with E-state index in [2.05, 4.69) is 5.32 Å². The highest BCUT2D eigenvalue weighted by atomic mass is 19.1. The van der Waals surface area contributed by atoms with Crippen LogP contribution in [0.1, 0.15) is 26.3 Å². The van der Waals surface area contributed by atoms with E-state index in [0.717, 1.165) is 11.6 Å². The number of hydrogen-bond donors (Lipinski definition) is 2. The number of nitrogens with one attached hydrogen (secondary N) is 1. The molecule has 0 atom stereocenters. The van der Waals surface area contributed by atoms with Crippen molar-refractivity contribution < 1.29 is 23.8 Å². The smallest absolute Gasteiger partial charge is 0.339 e. The van der Waals surface area contributed by atoms with E-state index in [4.69, 9.17) is 4.74 Å². The van der Waals surface area contributed by atoms with Crippen LogP contribution in [0.3, 0.4) is 0 Å². The third-order valence-electron chi connectivity index (χ3n) is 3.73. The number of hydrogen-bond acceptors (Lipinski definition) is 3. The Kier molecular flexibility index (Phi) is 3.73. The van der Waals surface area contributed by atoms with Crippen molar-refractivity contribution in [2.45, 2.75) is 6.42 Å². The SMILES string of the molecule is CNC(=O)c1cc(F)cc(-c2cc3c(c(C(=O)O)c2)OCC3)c1. The van der Waals surface area contributed by atoms with Gasteiger partial charge in [0.2, 0.25) is 0 Å². The number of benzene rings is 2. The molecule has 118 valence electrons. The van der Waals surface area contributed by atoms with Crippen molar-refractivity contribution in [2.75, 3.05) is 13.7 Å². The number of carbonyl (C=O) groups excluding carboxylic acids is 1. The van der Waals surface area contributed by atoms with E-state index in [-0.39, 0.29) is 11.1 Å². The Morgan fingerprint density at radius 1 is 1.17 bits per heavy atom. The molecule has 2 aromatic carbocycles. The molecule has 0 saturated heterocycles. The molecule has 0 saturated carbocycles. The summed E-state index contributed by atoms with van der Waals surface area (Å²) < 4.78 is 19.2. The molecule has 0 aromatic heterocycles. The Bertz CT molecular complexity index is 816. The lowest BCUT2D eigenvalue weighted by molar-refractivity contribution is 0.0693. The van der Waals surface area contributed by atoms with Crippen molar-refractivity contribution in [3.63, 3.8) is 0 Å². The highest BCUT2D eigenvalue weighted by Gasteiger charge is 2.22. The highest BCUT2D eigenvalue weighted by molar-refractivity contribution is 5.96. The minimum Gasteiger partial charge on any atom is -0.492 e. The molecular formula is C17H14FNO4. The summed E-state index contributed by atoms with van der Waals surface area (Å²) in [4.78, 5) is 23.1. The van der Waals surface area contributed by atoms with Crippen LogP contribution < -0.4 is 10.1 Å². The maximum Gasteiger partial charge on any atom is 0.339 e. The van der Waals surface area contributed by atoms with E-state index in [0.29, 0.717) is 29.9 Å². The fourth-order valence-corrected chi connectivity index (χ4v) is 2.67. The van der Waals surface area contributed by atoms with Gasteiger partial charge in [0.1, 0.15) is 17.1 Å². The maximum absolute atomic E-state index is 13.8. The summed E-state index contributed by atoms with van der Waals surface area (Å²) in [6.07, 6.45) is 0.598. The van der Waals surface area contributed by atoms with Gasteiger partial charge in [-0.15, -0.1) is 0 Å². The third-order valence-corrected chi connectivity index (χ3v) is 3.73. The lowest BCUT2D eigenvalue weighted by Crippen LogP contribution is -2.17. The van der Waals surface area contributed by atoms with Gasteiger partial charge in [0.05, 0.1) is 6.61 Å². The average Bonchev–Trinajstić information content (AvgIpc) is 3.00. The summed E-state index contributed by atoms with van der Waals surface area (Å²) in [7, 11) is 1.46. The number of fused-ring (bicyclic) bond motifs is 1. The molecule has 5 nitrogen and oxygen atoms in total. The normalized spacial score (nSPS) is 12.4. The number of carboxylic acids is 1. The summed E-state index contributed by atoms with van der Waals surface area (Å²) >= 11 is 0. The Morgan fingerprint density at radius 3 is 2.61 bits per heavy atom. The quantitative estimate of drug-likeness (QED) is 0.912. The highest BCUT2D eigenvalue weighted by Crippen LogP contribution is 2.35. The van der Waals surface area contributed by atoms with Crippen LogP contribution >= 0.6 is 0 Å². The second kappa shape index (κ2) is 5.72. The Morgan fingerprint density at radius 2 is 1.91 bits per heavy atom. The number of ether oxygens (including phenoxy) is 1. The van der Waals surface area contributed by atoms with Gasteiger partial charge < -0.3 is 15.2 Å². The minimum atomic E-state index is -1.10. The molecule has 0 fully saturated rings. The fourth-order valence-electron chi connectivity index (χ4n) is 2.67. The number of halogens is 1. The van der Waals surface area contributed by atoms with Gasteiger partial charge in [-0.05, 0) is 47.0 Å². The zero-order valence-corrected chi connectivity index (χ0v) is 12.4. The first-order valence-corrected chi connectivity index (χ1v) is 7.05. The van der Waals surface area contributed by atoms with Crippen molar-refractivity contribution >= 4 is 11.9 Å². The van der Waals surface area contributed by atoms with E-state index in [1.54, 1.807) is 6.07 Å². The molecule has 1 amide bonds. The molecule has 0 bridgehead atoms. The van der Waals surface area contributed by atoms with Crippen LogP contribution in [-0.4, -0.2) is 30.6 Å². The molecular weight excluding hydrogens is 301 g/mol. The van der Waals surface area contributed by atoms with Crippen molar-refractivity contribution in [1.29, 1.82) is 0 Å². The first kappa shape index (κ1) is 15.0. The number of rotatable bonds is 3. The number of carboxylic acid groups (broad SMARTS) is 1. The minimum absolute atomic E-state index is 0.0424. The molecule has 0 unspecified atom stereocenters. The summed E-state index contributed by atoms with van der Waals surface area (Å²) in [5.41, 5.74) is 1.97. The lowest BCUT2D eigenvalue weighted by Gasteiger charge is -2.10. The van der Waals surface area contributed by atoms with E-state index in [9.17, 15) is 19.1 Å². The first-order chi connectivity index (χ1) is 11.0. The predicted octanol–water partition coefficient (Wildman–Crippen LogP) is 2.49. The van der Waals surface area contributed by atoms with Gasteiger partial charge in [-0.25, -0.2) is 9.18 Å². The predicted molar refractivity (Wildman–Crippen MR) is 81.4 cm³/mol. The van der Waals surface area contributed by atoms with Crippen LogP contribution in [0.25, 0.3) is 11.1 Å².